The van der Waals surface area contributed by atoms with Gasteiger partial charge in [-0.2, -0.15) is 0 Å². The van der Waals surface area contributed by atoms with Gasteiger partial charge >= 0.3 is 6.03 Å². The van der Waals surface area contributed by atoms with E-state index in [-0.39, 0.29) is 49.2 Å². The standard InChI is InChI=1S/C30H32FN5O3/c1-21(23-10-8-5-9-11-23)34-19-26-35(28(29(34)38)24-12-6-3-4-7-13-24)27(37)20-33(2)36(26)30(39)32-18-22-14-16-25(31)17-15-22/h3-17,21,24,26,28H,18-20H2,1-2H3,(H,32,39)/t21?,26?,28-/m0/s1. The van der Waals surface area contributed by atoms with Gasteiger partial charge in [-0.3, -0.25) is 9.59 Å². The highest BCUT2D eigenvalue weighted by atomic mass is 19.1. The van der Waals surface area contributed by atoms with E-state index in [1.54, 1.807) is 34.0 Å². The summed E-state index contributed by atoms with van der Waals surface area (Å²) < 4.78 is 13.3. The Labute approximate surface area is 227 Å². The van der Waals surface area contributed by atoms with Crippen LogP contribution in [0.1, 0.15) is 24.1 Å². The normalized spacial score (nSPS) is 22.6. The van der Waals surface area contributed by atoms with E-state index in [0.29, 0.717) is 0 Å². The first-order valence-electron chi connectivity index (χ1n) is 13.1. The van der Waals surface area contributed by atoms with E-state index in [0.717, 1.165) is 11.1 Å². The molecule has 2 saturated heterocycles. The Morgan fingerprint density at radius 2 is 1.67 bits per heavy atom. The maximum Gasteiger partial charge on any atom is 0.334 e. The zero-order valence-electron chi connectivity index (χ0n) is 22.0. The number of nitrogens with one attached hydrogen (secondary N) is 1. The number of amides is 4. The topological polar surface area (TPSA) is 76.2 Å². The van der Waals surface area contributed by atoms with Gasteiger partial charge in [-0.05, 0) is 30.2 Å². The number of carbonyl (C=O) groups is 3. The molecular weight excluding hydrogens is 497 g/mol. The largest absolute Gasteiger partial charge is 0.334 e. The zero-order chi connectivity index (χ0) is 27.5. The molecule has 9 heteroatoms. The van der Waals surface area contributed by atoms with Crippen LogP contribution in [-0.4, -0.2) is 70.0 Å². The van der Waals surface area contributed by atoms with Crippen LogP contribution in [0.2, 0.25) is 0 Å². The Morgan fingerprint density at radius 1 is 1.00 bits per heavy atom. The second-order valence-corrected chi connectivity index (χ2v) is 9.98. The third-order valence-electron chi connectivity index (χ3n) is 7.50. The SMILES string of the molecule is CC(c1ccccc1)N1CC2N(C(=O)CN(C)N2C(=O)NCc2ccc(F)cc2)[C@@H](C2C=CC=CC=C2)C1=O. The predicted molar refractivity (Wildman–Crippen MR) is 145 cm³/mol. The van der Waals surface area contributed by atoms with E-state index in [4.69, 9.17) is 0 Å². The maximum atomic E-state index is 14.1. The monoisotopic (exact) mass is 529 g/mol. The number of allylic oxidation sites excluding steroid dienone is 4. The van der Waals surface area contributed by atoms with Crippen LogP contribution in [0.3, 0.4) is 0 Å². The first-order chi connectivity index (χ1) is 18.8. The van der Waals surface area contributed by atoms with Crippen molar-refractivity contribution in [3.8, 4) is 0 Å². The smallest absolute Gasteiger partial charge is 0.333 e. The molecule has 2 aromatic carbocycles. The highest BCUT2D eigenvalue weighted by Gasteiger charge is 2.53. The van der Waals surface area contributed by atoms with Crippen molar-refractivity contribution in [3.63, 3.8) is 0 Å². The predicted octanol–water partition coefficient (Wildman–Crippen LogP) is 3.62. The highest BCUT2D eigenvalue weighted by molar-refractivity contribution is 5.92. The second kappa shape index (κ2) is 11.2. The highest BCUT2D eigenvalue weighted by Crippen LogP contribution is 2.34. The van der Waals surface area contributed by atoms with E-state index in [1.807, 2.05) is 73.7 Å². The van der Waals surface area contributed by atoms with Gasteiger partial charge in [0, 0.05) is 19.5 Å². The van der Waals surface area contributed by atoms with Crippen LogP contribution in [-0.2, 0) is 16.1 Å². The number of benzene rings is 2. The summed E-state index contributed by atoms with van der Waals surface area (Å²) in [5.41, 5.74) is 1.71. The number of hydrogen-bond donors (Lipinski definition) is 1. The molecule has 1 aliphatic carbocycles. The van der Waals surface area contributed by atoms with Crippen LogP contribution in [0.15, 0.2) is 91.1 Å². The lowest BCUT2D eigenvalue weighted by atomic mass is 9.91. The molecule has 39 heavy (non-hydrogen) atoms. The molecule has 4 amide bonds. The van der Waals surface area contributed by atoms with Crippen LogP contribution in [0.25, 0.3) is 0 Å². The lowest BCUT2D eigenvalue weighted by Crippen LogP contribution is -2.76. The molecule has 3 atom stereocenters. The summed E-state index contributed by atoms with van der Waals surface area (Å²) >= 11 is 0. The van der Waals surface area contributed by atoms with E-state index < -0.39 is 18.2 Å². The average molecular weight is 530 g/mol. The van der Waals surface area contributed by atoms with Crippen molar-refractivity contribution >= 4 is 17.8 Å². The molecule has 0 saturated carbocycles. The summed E-state index contributed by atoms with van der Waals surface area (Å²) in [6, 6.07) is 14.2. The summed E-state index contributed by atoms with van der Waals surface area (Å²) in [4.78, 5) is 44.6. The zero-order valence-corrected chi connectivity index (χ0v) is 22.0. The molecule has 2 heterocycles. The minimum atomic E-state index is -0.809. The molecule has 202 valence electrons. The molecule has 5 rings (SSSR count). The lowest BCUT2D eigenvalue weighted by Gasteiger charge is -2.56. The molecule has 2 unspecified atom stereocenters. The Hall–Kier alpha value is -4.24. The van der Waals surface area contributed by atoms with Gasteiger partial charge in [-0.15, -0.1) is 0 Å². The molecule has 0 radical (unpaired) electrons. The van der Waals surface area contributed by atoms with Gasteiger partial charge in [0.2, 0.25) is 11.8 Å². The van der Waals surface area contributed by atoms with Crippen LogP contribution in [0.4, 0.5) is 9.18 Å². The first-order valence-corrected chi connectivity index (χ1v) is 13.1. The van der Waals surface area contributed by atoms with E-state index in [1.165, 1.54) is 17.1 Å². The van der Waals surface area contributed by atoms with Gasteiger partial charge in [-0.1, -0.05) is 78.9 Å². The number of halogens is 1. The van der Waals surface area contributed by atoms with Crippen molar-refractivity contribution in [2.75, 3.05) is 20.1 Å². The Morgan fingerprint density at radius 3 is 2.33 bits per heavy atom. The van der Waals surface area contributed by atoms with E-state index in [2.05, 4.69) is 5.32 Å². The fourth-order valence-corrected chi connectivity index (χ4v) is 5.48. The number of hydrogen-bond acceptors (Lipinski definition) is 4. The van der Waals surface area contributed by atoms with Gasteiger partial charge in [0.05, 0.1) is 19.1 Å². The molecule has 0 aromatic heterocycles. The van der Waals surface area contributed by atoms with Gasteiger partial charge in [0.25, 0.3) is 0 Å². The van der Waals surface area contributed by atoms with Crippen molar-refractivity contribution in [1.29, 1.82) is 0 Å². The molecule has 2 fully saturated rings. The van der Waals surface area contributed by atoms with Crippen molar-refractivity contribution in [1.82, 2.24) is 25.1 Å². The molecule has 0 spiro atoms. The molecule has 1 N–H and O–H groups in total. The number of piperazine rings is 1. The molecule has 0 bridgehead atoms. The number of likely N-dealkylation sites (N-methyl/N-ethyl adjacent to an activating group) is 1. The third-order valence-corrected chi connectivity index (χ3v) is 7.50. The van der Waals surface area contributed by atoms with Gasteiger partial charge in [0.15, 0.2) is 0 Å². The summed E-state index contributed by atoms with van der Waals surface area (Å²) in [7, 11) is 1.69. The van der Waals surface area contributed by atoms with Gasteiger partial charge < -0.3 is 15.1 Å². The average Bonchev–Trinajstić information content (AvgIpc) is 3.22. The number of nitrogens with zero attached hydrogens (tertiary/aromatic N) is 4. The fraction of sp³-hybridized carbons (Fsp3) is 0.300. The van der Waals surface area contributed by atoms with Crippen molar-refractivity contribution in [2.24, 2.45) is 5.92 Å². The number of hydrazine groups is 1. The van der Waals surface area contributed by atoms with Crippen LogP contribution < -0.4 is 5.32 Å². The third kappa shape index (κ3) is 5.35. The number of rotatable bonds is 5. The molecular formula is C30H32FN5O3. The quantitative estimate of drug-likeness (QED) is 0.642. The Balaban J connectivity index is 1.49. The minimum Gasteiger partial charge on any atom is -0.333 e. The van der Waals surface area contributed by atoms with Crippen LogP contribution >= 0.6 is 0 Å². The minimum absolute atomic E-state index is 0.0448. The molecule has 8 nitrogen and oxygen atoms in total. The van der Waals surface area contributed by atoms with E-state index in [9.17, 15) is 18.8 Å². The summed E-state index contributed by atoms with van der Waals surface area (Å²) in [5, 5.41) is 6.03. The van der Waals surface area contributed by atoms with Crippen LogP contribution in [0, 0.1) is 11.7 Å². The number of urea groups is 1. The second-order valence-electron chi connectivity index (χ2n) is 9.98. The van der Waals surface area contributed by atoms with Gasteiger partial charge in [-0.25, -0.2) is 19.2 Å². The lowest BCUT2D eigenvalue weighted by molar-refractivity contribution is -0.190. The molecule has 2 aromatic rings. The van der Waals surface area contributed by atoms with E-state index >= 15 is 0 Å². The molecule has 2 aliphatic heterocycles. The Bertz CT molecular complexity index is 1290. The van der Waals surface area contributed by atoms with Crippen molar-refractivity contribution in [2.45, 2.75) is 31.7 Å². The maximum absolute atomic E-state index is 14.1. The summed E-state index contributed by atoms with van der Waals surface area (Å²) in [6.07, 6.45) is 10.6. The first kappa shape index (κ1) is 26.4. The number of fused-ring (bicyclic) bond motifs is 1. The molecule has 3 aliphatic rings. The van der Waals surface area contributed by atoms with Crippen molar-refractivity contribution in [3.05, 3.63) is 108 Å². The van der Waals surface area contributed by atoms with Gasteiger partial charge in [0.1, 0.15) is 18.0 Å². The summed E-state index contributed by atoms with van der Waals surface area (Å²) in [5.74, 6) is -1.09. The van der Waals surface area contributed by atoms with Crippen molar-refractivity contribution < 1.29 is 18.8 Å². The number of carbonyl (C=O) groups excluding carboxylic acids is 3. The fourth-order valence-electron chi connectivity index (χ4n) is 5.48. The van der Waals surface area contributed by atoms with Crippen LogP contribution in [0.5, 0.6) is 0 Å². The summed E-state index contributed by atoms with van der Waals surface area (Å²) in [6.45, 7) is 2.27. The Kier molecular flexibility index (Phi) is 7.60.